The fourth-order valence-corrected chi connectivity index (χ4v) is 3.95. The van der Waals surface area contributed by atoms with Crippen LogP contribution >= 0.6 is 0 Å². The standard InChI is InChI=1S/C28H36N2O5/c1-20-9-10-23(17-21(20)2)18-29-19-24(30(27(29)33)15-16-34-5)8-6-7-22-11-13-25(14-12-22)35-28(3,4)26(31)32/h9-14,17,19H,6-8,15-16,18H2,1-5H3,(H,31,32). The van der Waals surface area contributed by atoms with Gasteiger partial charge in [0.25, 0.3) is 0 Å². The average Bonchev–Trinajstić information content (AvgIpc) is 3.09. The smallest absolute Gasteiger partial charge is 0.347 e. The topological polar surface area (TPSA) is 82.7 Å². The summed E-state index contributed by atoms with van der Waals surface area (Å²) >= 11 is 0. The molecule has 1 N–H and O–H groups in total. The summed E-state index contributed by atoms with van der Waals surface area (Å²) in [5.41, 5.74) is 4.40. The lowest BCUT2D eigenvalue weighted by Gasteiger charge is -2.21. The van der Waals surface area contributed by atoms with Gasteiger partial charge < -0.3 is 14.6 Å². The SMILES string of the molecule is COCCn1c(CCCc2ccc(OC(C)(C)C(=O)O)cc2)cn(Cc2ccc(C)c(C)c2)c1=O. The molecule has 35 heavy (non-hydrogen) atoms. The van der Waals surface area contributed by atoms with Crippen LogP contribution in [0.4, 0.5) is 0 Å². The van der Waals surface area contributed by atoms with Gasteiger partial charge in [-0.2, -0.15) is 0 Å². The number of hydrogen-bond donors (Lipinski definition) is 1. The van der Waals surface area contributed by atoms with Crippen molar-refractivity contribution in [2.24, 2.45) is 0 Å². The molecule has 0 unspecified atom stereocenters. The lowest BCUT2D eigenvalue weighted by atomic mass is 10.1. The van der Waals surface area contributed by atoms with Crippen molar-refractivity contribution in [1.82, 2.24) is 9.13 Å². The Kier molecular flexibility index (Phi) is 8.57. The molecule has 0 atom stereocenters. The van der Waals surface area contributed by atoms with Gasteiger partial charge in [0.15, 0.2) is 5.60 Å². The molecule has 0 aliphatic carbocycles. The molecule has 3 rings (SSSR count). The number of carbonyl (C=O) groups is 1. The molecule has 0 amide bonds. The first-order valence-corrected chi connectivity index (χ1v) is 12.0. The normalized spacial score (nSPS) is 11.6. The highest BCUT2D eigenvalue weighted by Crippen LogP contribution is 2.20. The van der Waals surface area contributed by atoms with Crippen LogP contribution in [0, 0.1) is 13.8 Å². The number of carboxylic acids is 1. The third-order valence-corrected chi connectivity index (χ3v) is 6.28. The van der Waals surface area contributed by atoms with Crippen LogP contribution in [0.2, 0.25) is 0 Å². The van der Waals surface area contributed by atoms with E-state index in [0.717, 1.165) is 36.1 Å². The van der Waals surface area contributed by atoms with Crippen LogP contribution in [0.15, 0.2) is 53.5 Å². The van der Waals surface area contributed by atoms with Crippen LogP contribution in [0.25, 0.3) is 0 Å². The highest BCUT2D eigenvalue weighted by Gasteiger charge is 2.29. The number of hydrogen-bond acceptors (Lipinski definition) is 4. The largest absolute Gasteiger partial charge is 0.478 e. The molecule has 7 heteroatoms. The molecular weight excluding hydrogens is 444 g/mol. The number of aryl methyl sites for hydroxylation is 4. The van der Waals surface area contributed by atoms with Crippen LogP contribution in [0.3, 0.4) is 0 Å². The molecule has 188 valence electrons. The van der Waals surface area contributed by atoms with E-state index in [4.69, 9.17) is 9.47 Å². The van der Waals surface area contributed by atoms with Crippen LogP contribution in [0.1, 0.15) is 48.2 Å². The molecule has 1 heterocycles. The molecule has 1 aromatic heterocycles. The molecule has 0 fully saturated rings. The minimum absolute atomic E-state index is 0.0159. The molecular formula is C28H36N2O5. The van der Waals surface area contributed by atoms with Crippen LogP contribution in [0.5, 0.6) is 5.75 Å². The number of aromatic nitrogens is 2. The van der Waals surface area contributed by atoms with E-state index >= 15 is 0 Å². The Balaban J connectivity index is 1.67. The van der Waals surface area contributed by atoms with E-state index in [0.29, 0.717) is 25.4 Å². The van der Waals surface area contributed by atoms with Crippen molar-refractivity contribution < 1.29 is 19.4 Å². The van der Waals surface area contributed by atoms with Gasteiger partial charge in [-0.25, -0.2) is 9.59 Å². The van der Waals surface area contributed by atoms with Gasteiger partial charge in [0.05, 0.1) is 19.7 Å². The zero-order valence-electron chi connectivity index (χ0n) is 21.3. The van der Waals surface area contributed by atoms with Gasteiger partial charge in [-0.15, -0.1) is 0 Å². The zero-order chi connectivity index (χ0) is 25.6. The third-order valence-electron chi connectivity index (χ3n) is 6.28. The second-order valence-corrected chi connectivity index (χ2v) is 9.51. The quantitative estimate of drug-likeness (QED) is 0.416. The van der Waals surface area contributed by atoms with Crippen LogP contribution in [-0.2, 0) is 35.5 Å². The first-order valence-electron chi connectivity index (χ1n) is 12.0. The van der Waals surface area contributed by atoms with Gasteiger partial charge in [-0.05, 0) is 81.3 Å². The summed E-state index contributed by atoms with van der Waals surface area (Å²) in [7, 11) is 1.64. The van der Waals surface area contributed by atoms with Crippen molar-refractivity contribution in [3.05, 3.63) is 87.1 Å². The fourth-order valence-electron chi connectivity index (χ4n) is 3.95. The molecule has 0 aliphatic rings. The van der Waals surface area contributed by atoms with Crippen molar-refractivity contribution in [3.63, 3.8) is 0 Å². The first-order chi connectivity index (χ1) is 16.6. The zero-order valence-corrected chi connectivity index (χ0v) is 21.3. The molecule has 2 aromatic carbocycles. The maximum absolute atomic E-state index is 13.1. The number of rotatable bonds is 12. The second kappa shape index (κ2) is 11.4. The summed E-state index contributed by atoms with van der Waals surface area (Å²) in [6.07, 6.45) is 4.45. The number of aliphatic carboxylic acids is 1. The summed E-state index contributed by atoms with van der Waals surface area (Å²) in [6.45, 7) is 8.77. The van der Waals surface area contributed by atoms with Crippen molar-refractivity contribution in [3.8, 4) is 5.75 Å². The van der Waals surface area contributed by atoms with E-state index in [2.05, 4.69) is 32.0 Å². The maximum Gasteiger partial charge on any atom is 0.347 e. The second-order valence-electron chi connectivity index (χ2n) is 9.51. The monoisotopic (exact) mass is 480 g/mol. The lowest BCUT2D eigenvalue weighted by Crippen LogP contribution is -2.37. The van der Waals surface area contributed by atoms with Crippen LogP contribution < -0.4 is 10.4 Å². The van der Waals surface area contributed by atoms with E-state index in [1.165, 1.54) is 25.0 Å². The van der Waals surface area contributed by atoms with E-state index in [-0.39, 0.29) is 5.69 Å². The predicted octanol–water partition coefficient (Wildman–Crippen LogP) is 4.38. The van der Waals surface area contributed by atoms with Crippen molar-refractivity contribution in [2.75, 3.05) is 13.7 Å². The molecule has 0 spiro atoms. The molecule has 7 nitrogen and oxygen atoms in total. The summed E-state index contributed by atoms with van der Waals surface area (Å²) in [4.78, 5) is 24.4. The van der Waals surface area contributed by atoms with Crippen molar-refractivity contribution in [1.29, 1.82) is 0 Å². The molecule has 0 saturated carbocycles. The molecule has 0 radical (unpaired) electrons. The van der Waals surface area contributed by atoms with Crippen molar-refractivity contribution >= 4 is 5.97 Å². The van der Waals surface area contributed by atoms with E-state index in [1.807, 2.05) is 22.9 Å². The third kappa shape index (κ3) is 6.85. The number of methoxy groups -OCH3 is 1. The fraction of sp³-hybridized carbons (Fsp3) is 0.429. The number of benzene rings is 2. The highest BCUT2D eigenvalue weighted by atomic mass is 16.5. The van der Waals surface area contributed by atoms with Gasteiger partial charge >= 0.3 is 11.7 Å². The summed E-state index contributed by atoms with van der Waals surface area (Å²) < 4.78 is 14.4. The Morgan fingerprint density at radius 1 is 1.00 bits per heavy atom. The Morgan fingerprint density at radius 3 is 2.31 bits per heavy atom. The molecule has 0 saturated heterocycles. The summed E-state index contributed by atoms with van der Waals surface area (Å²) in [5, 5.41) is 9.23. The Morgan fingerprint density at radius 2 is 1.69 bits per heavy atom. The number of imidazole rings is 1. The van der Waals surface area contributed by atoms with Crippen molar-refractivity contribution in [2.45, 2.75) is 65.6 Å². The van der Waals surface area contributed by atoms with E-state index in [9.17, 15) is 14.7 Å². The van der Waals surface area contributed by atoms with Gasteiger partial charge in [-0.1, -0.05) is 30.3 Å². The van der Waals surface area contributed by atoms with Gasteiger partial charge in [0.2, 0.25) is 0 Å². The van der Waals surface area contributed by atoms with Gasteiger partial charge in [0, 0.05) is 19.0 Å². The number of carboxylic acid groups (broad SMARTS) is 1. The maximum atomic E-state index is 13.1. The first kappa shape index (κ1) is 26.3. The van der Waals surface area contributed by atoms with E-state index in [1.54, 1.807) is 23.8 Å². The summed E-state index contributed by atoms with van der Waals surface area (Å²) in [5.74, 6) is -0.483. The molecule has 0 aliphatic heterocycles. The van der Waals surface area contributed by atoms with Gasteiger partial charge in [-0.3, -0.25) is 9.13 Å². The lowest BCUT2D eigenvalue weighted by molar-refractivity contribution is -0.152. The Bertz CT molecular complexity index is 1210. The predicted molar refractivity (Wildman–Crippen MR) is 136 cm³/mol. The Labute approximate surface area is 206 Å². The minimum Gasteiger partial charge on any atom is -0.478 e. The molecule has 0 bridgehead atoms. The number of nitrogens with zero attached hydrogens (tertiary/aromatic N) is 2. The van der Waals surface area contributed by atoms with Crippen LogP contribution in [-0.4, -0.2) is 39.5 Å². The van der Waals surface area contributed by atoms with Gasteiger partial charge in [0.1, 0.15) is 5.75 Å². The Hall–Kier alpha value is -3.32. The number of ether oxygens (including phenoxy) is 2. The molecule has 3 aromatic rings. The minimum atomic E-state index is -1.28. The van der Waals surface area contributed by atoms with E-state index < -0.39 is 11.6 Å². The summed E-state index contributed by atoms with van der Waals surface area (Å²) in [6, 6.07) is 13.8. The average molecular weight is 481 g/mol. The highest BCUT2D eigenvalue weighted by molar-refractivity contribution is 5.76.